The van der Waals surface area contributed by atoms with Gasteiger partial charge in [0.2, 0.25) is 15.9 Å². The fraction of sp³-hybridized carbons (Fsp3) is 0.190. The van der Waals surface area contributed by atoms with Crippen LogP contribution >= 0.6 is 0 Å². The van der Waals surface area contributed by atoms with Gasteiger partial charge in [0.15, 0.2) is 0 Å². The molecule has 1 N–H and O–H groups in total. The standard InChI is InChI=1S/C21H21N3O3S/c1-16(25)22-18-9-11-19(12-10-18)28(26,27)24-15-14-23-13-5-8-20(23)21(24)17-6-3-2-4-7-17/h2-13,21H,14-15H2,1H3,(H,22,25). The van der Waals surface area contributed by atoms with Crippen molar-refractivity contribution in [1.29, 1.82) is 0 Å². The van der Waals surface area contributed by atoms with Crippen LogP contribution in [0.5, 0.6) is 0 Å². The zero-order valence-corrected chi connectivity index (χ0v) is 16.3. The zero-order valence-electron chi connectivity index (χ0n) is 15.4. The Hall–Kier alpha value is -2.90. The highest BCUT2D eigenvalue weighted by Gasteiger charge is 2.37. The molecule has 0 radical (unpaired) electrons. The van der Waals surface area contributed by atoms with Crippen LogP contribution in [-0.2, 0) is 21.4 Å². The zero-order chi connectivity index (χ0) is 19.7. The maximum absolute atomic E-state index is 13.5. The lowest BCUT2D eigenvalue weighted by Gasteiger charge is -2.36. The summed E-state index contributed by atoms with van der Waals surface area (Å²) in [6.07, 6.45) is 1.98. The minimum Gasteiger partial charge on any atom is -0.348 e. The molecular formula is C21H21N3O3S. The third-order valence-corrected chi connectivity index (χ3v) is 6.77. The van der Waals surface area contributed by atoms with E-state index >= 15 is 0 Å². The number of rotatable bonds is 4. The molecule has 0 aliphatic carbocycles. The van der Waals surface area contributed by atoms with E-state index in [1.165, 1.54) is 19.1 Å². The Morgan fingerprint density at radius 3 is 2.36 bits per heavy atom. The number of nitrogens with zero attached hydrogens (tertiary/aromatic N) is 2. The number of hydrogen-bond acceptors (Lipinski definition) is 3. The molecule has 144 valence electrons. The molecule has 1 aromatic heterocycles. The molecular weight excluding hydrogens is 374 g/mol. The molecule has 0 saturated heterocycles. The molecule has 6 nitrogen and oxygen atoms in total. The Kier molecular flexibility index (Phi) is 4.78. The van der Waals surface area contributed by atoms with E-state index in [1.54, 1.807) is 16.4 Å². The highest BCUT2D eigenvalue weighted by Crippen LogP contribution is 2.36. The predicted octanol–water partition coefficient (Wildman–Crippen LogP) is 3.24. The van der Waals surface area contributed by atoms with Gasteiger partial charge in [-0.25, -0.2) is 8.42 Å². The minimum atomic E-state index is -3.72. The lowest BCUT2D eigenvalue weighted by atomic mass is 10.0. The molecule has 1 atom stereocenters. The van der Waals surface area contributed by atoms with Gasteiger partial charge in [-0.05, 0) is 42.0 Å². The summed E-state index contributed by atoms with van der Waals surface area (Å²) in [6, 6.07) is 19.5. The number of nitrogens with one attached hydrogen (secondary N) is 1. The minimum absolute atomic E-state index is 0.198. The number of fused-ring (bicyclic) bond motifs is 1. The summed E-state index contributed by atoms with van der Waals surface area (Å²) in [7, 11) is -3.72. The van der Waals surface area contributed by atoms with Crippen molar-refractivity contribution in [2.75, 3.05) is 11.9 Å². The van der Waals surface area contributed by atoms with Crippen LogP contribution in [0.2, 0.25) is 0 Å². The van der Waals surface area contributed by atoms with E-state index in [0.717, 1.165) is 11.3 Å². The van der Waals surface area contributed by atoms with E-state index in [4.69, 9.17) is 0 Å². The molecule has 1 amide bonds. The van der Waals surface area contributed by atoms with Gasteiger partial charge in [0.05, 0.1) is 10.9 Å². The summed E-state index contributed by atoms with van der Waals surface area (Å²) in [4.78, 5) is 11.4. The summed E-state index contributed by atoms with van der Waals surface area (Å²) in [5.41, 5.74) is 2.45. The van der Waals surface area contributed by atoms with Gasteiger partial charge in [-0.1, -0.05) is 30.3 Å². The number of carbonyl (C=O) groups excluding carboxylic acids is 1. The van der Waals surface area contributed by atoms with Crippen molar-refractivity contribution in [1.82, 2.24) is 8.87 Å². The van der Waals surface area contributed by atoms with Crippen LogP contribution in [0.1, 0.15) is 24.2 Å². The second-order valence-electron chi connectivity index (χ2n) is 6.76. The van der Waals surface area contributed by atoms with Crippen LogP contribution in [-0.4, -0.2) is 29.7 Å². The number of benzene rings is 2. The van der Waals surface area contributed by atoms with Gasteiger partial charge in [0.1, 0.15) is 0 Å². The first-order valence-electron chi connectivity index (χ1n) is 9.06. The first-order valence-corrected chi connectivity index (χ1v) is 10.5. The van der Waals surface area contributed by atoms with Crippen LogP contribution in [0, 0.1) is 0 Å². The van der Waals surface area contributed by atoms with E-state index in [2.05, 4.69) is 9.88 Å². The average molecular weight is 395 g/mol. The van der Waals surface area contributed by atoms with Crippen molar-refractivity contribution in [2.45, 2.75) is 24.4 Å². The highest BCUT2D eigenvalue weighted by molar-refractivity contribution is 7.89. The number of hydrogen-bond donors (Lipinski definition) is 1. The van der Waals surface area contributed by atoms with Gasteiger partial charge in [-0.3, -0.25) is 4.79 Å². The van der Waals surface area contributed by atoms with E-state index in [-0.39, 0.29) is 16.8 Å². The number of sulfonamides is 1. The molecule has 28 heavy (non-hydrogen) atoms. The molecule has 1 unspecified atom stereocenters. The monoisotopic (exact) mass is 395 g/mol. The smallest absolute Gasteiger partial charge is 0.244 e. The summed E-state index contributed by atoms with van der Waals surface area (Å²) in [6.45, 7) is 2.41. The topological polar surface area (TPSA) is 71.4 Å². The lowest BCUT2D eigenvalue weighted by Crippen LogP contribution is -2.42. The number of amides is 1. The number of anilines is 1. The van der Waals surface area contributed by atoms with E-state index in [9.17, 15) is 13.2 Å². The molecule has 1 aliphatic rings. The second kappa shape index (κ2) is 7.26. The molecule has 7 heteroatoms. The van der Waals surface area contributed by atoms with Gasteiger partial charge >= 0.3 is 0 Å². The quantitative estimate of drug-likeness (QED) is 0.737. The molecule has 0 saturated carbocycles. The SMILES string of the molecule is CC(=O)Nc1ccc(S(=O)(=O)N2CCn3cccc3C2c2ccccc2)cc1. The molecule has 0 spiro atoms. The molecule has 0 fully saturated rings. The molecule has 1 aliphatic heterocycles. The maximum Gasteiger partial charge on any atom is 0.244 e. The van der Waals surface area contributed by atoms with Gasteiger partial charge in [0, 0.05) is 37.6 Å². The molecule has 4 rings (SSSR count). The summed E-state index contributed by atoms with van der Waals surface area (Å²) in [5.74, 6) is -0.198. The van der Waals surface area contributed by atoms with Crippen LogP contribution in [0.3, 0.4) is 0 Å². The van der Waals surface area contributed by atoms with Crippen molar-refractivity contribution in [3.63, 3.8) is 0 Å². The van der Waals surface area contributed by atoms with Crippen molar-refractivity contribution in [2.24, 2.45) is 0 Å². The first-order chi connectivity index (χ1) is 13.5. The van der Waals surface area contributed by atoms with Crippen LogP contribution in [0.25, 0.3) is 0 Å². The fourth-order valence-electron chi connectivity index (χ4n) is 3.64. The van der Waals surface area contributed by atoms with Crippen LogP contribution in [0.15, 0.2) is 77.8 Å². The van der Waals surface area contributed by atoms with Crippen molar-refractivity contribution < 1.29 is 13.2 Å². The first kappa shape index (κ1) is 18.5. The normalized spacial score (nSPS) is 17.1. The van der Waals surface area contributed by atoms with Gasteiger partial charge < -0.3 is 9.88 Å². The number of carbonyl (C=O) groups is 1. The Balaban J connectivity index is 1.74. The summed E-state index contributed by atoms with van der Waals surface area (Å²) >= 11 is 0. The Morgan fingerprint density at radius 1 is 0.964 bits per heavy atom. The predicted molar refractivity (Wildman–Crippen MR) is 107 cm³/mol. The van der Waals surface area contributed by atoms with Crippen molar-refractivity contribution in [3.8, 4) is 0 Å². The Bertz CT molecular complexity index is 1090. The molecule has 2 heterocycles. The van der Waals surface area contributed by atoms with Gasteiger partial charge in [0.25, 0.3) is 0 Å². The largest absolute Gasteiger partial charge is 0.348 e. The van der Waals surface area contributed by atoms with Crippen LogP contribution < -0.4 is 5.32 Å². The van der Waals surface area contributed by atoms with Crippen molar-refractivity contribution in [3.05, 3.63) is 84.2 Å². The second-order valence-corrected chi connectivity index (χ2v) is 8.65. The van der Waals surface area contributed by atoms with E-state index in [0.29, 0.717) is 18.8 Å². The fourth-order valence-corrected chi connectivity index (χ4v) is 5.22. The van der Waals surface area contributed by atoms with E-state index < -0.39 is 10.0 Å². The molecule has 2 aromatic carbocycles. The lowest BCUT2D eigenvalue weighted by molar-refractivity contribution is -0.114. The van der Waals surface area contributed by atoms with Crippen LogP contribution in [0.4, 0.5) is 5.69 Å². The summed E-state index contributed by atoms with van der Waals surface area (Å²) in [5, 5.41) is 2.66. The average Bonchev–Trinajstić information content (AvgIpc) is 3.16. The molecule has 0 bridgehead atoms. The summed E-state index contributed by atoms with van der Waals surface area (Å²) < 4.78 is 30.6. The van der Waals surface area contributed by atoms with Gasteiger partial charge in [-0.2, -0.15) is 4.31 Å². The van der Waals surface area contributed by atoms with E-state index in [1.807, 2.05) is 48.7 Å². The third kappa shape index (κ3) is 3.34. The Labute approximate surface area is 164 Å². The molecule has 3 aromatic rings. The van der Waals surface area contributed by atoms with Crippen molar-refractivity contribution >= 4 is 21.6 Å². The van der Waals surface area contributed by atoms with Gasteiger partial charge in [-0.15, -0.1) is 0 Å². The maximum atomic E-state index is 13.5. The third-order valence-electron chi connectivity index (χ3n) is 4.89. The highest BCUT2D eigenvalue weighted by atomic mass is 32.2. The number of aromatic nitrogens is 1. The Morgan fingerprint density at radius 2 is 1.68 bits per heavy atom.